The summed E-state index contributed by atoms with van der Waals surface area (Å²) in [5.74, 6) is 0.0677. The highest BCUT2D eigenvalue weighted by atomic mass is 31.2. The largest absolute Gasteiger partial charge is 0.476 e. The maximum absolute atomic E-state index is 13.9. The number of ether oxygens (including phenoxy) is 3. The second-order valence-electron chi connectivity index (χ2n) is 10.6. The minimum absolute atomic E-state index is 0.156. The van der Waals surface area contributed by atoms with Crippen molar-refractivity contribution in [3.63, 3.8) is 0 Å². The lowest BCUT2D eigenvalue weighted by Gasteiger charge is -2.27. The minimum Gasteiger partial charge on any atom is -0.476 e. The summed E-state index contributed by atoms with van der Waals surface area (Å²) in [6, 6.07) is 7.22. The molecular weight excluding hydrogens is 595 g/mol. The average molecular weight is 633 g/mol. The third-order valence-corrected chi connectivity index (χ3v) is 8.80. The lowest BCUT2D eigenvalue weighted by atomic mass is 9.96. The minimum atomic E-state index is -4.25. The molecule has 3 aromatic rings. The van der Waals surface area contributed by atoms with Gasteiger partial charge in [-0.1, -0.05) is 30.4 Å². The number of nitrogens with one attached hydrogen (secondary N) is 2. The van der Waals surface area contributed by atoms with E-state index in [0.29, 0.717) is 37.0 Å². The molecule has 1 fully saturated rings. The molecule has 0 radical (unpaired) electrons. The number of hydrogen-bond acceptors (Lipinski definition) is 13. The van der Waals surface area contributed by atoms with Gasteiger partial charge in [0, 0.05) is 7.05 Å². The number of esters is 1. The molecule has 6 bridgehead atoms. The number of anilines is 1. The molecule has 1 aromatic carbocycles. The van der Waals surface area contributed by atoms with Crippen LogP contribution in [0.15, 0.2) is 48.8 Å². The maximum Gasteiger partial charge on any atom is 0.459 e. The fourth-order valence-electron chi connectivity index (χ4n) is 4.78. The third kappa shape index (κ3) is 7.04. The Morgan fingerprint density at radius 1 is 1.16 bits per heavy atom. The second kappa shape index (κ2) is 13.6. The molecule has 0 saturated carbocycles. The zero-order valence-corrected chi connectivity index (χ0v) is 25.6. The van der Waals surface area contributed by atoms with E-state index in [1.165, 1.54) is 24.7 Å². The molecule has 15 nitrogen and oxygen atoms in total. The average Bonchev–Trinajstić information content (AvgIpc) is 3.52. The molecule has 0 aliphatic carbocycles. The molecule has 5 rings (SSSR count). The number of carbonyl (C=O) groups is 1. The van der Waals surface area contributed by atoms with Gasteiger partial charge in [0.05, 0.1) is 26.1 Å². The van der Waals surface area contributed by atoms with E-state index in [1.807, 2.05) is 12.2 Å². The third-order valence-electron chi connectivity index (χ3n) is 7.15. The van der Waals surface area contributed by atoms with Crippen LogP contribution in [0.1, 0.15) is 39.3 Å². The predicted molar refractivity (Wildman–Crippen MR) is 158 cm³/mol. The Labute approximate surface area is 254 Å². The summed E-state index contributed by atoms with van der Waals surface area (Å²) >= 11 is 0. The van der Waals surface area contributed by atoms with Crippen LogP contribution in [0.3, 0.4) is 0 Å². The first-order chi connectivity index (χ1) is 21.1. The van der Waals surface area contributed by atoms with Crippen molar-refractivity contribution in [3.05, 3.63) is 48.8 Å². The molecule has 238 valence electrons. The number of nitrogens with zero attached hydrogens (tertiary/aromatic N) is 4. The summed E-state index contributed by atoms with van der Waals surface area (Å²) in [7, 11) is -2.60. The highest BCUT2D eigenvalue weighted by Gasteiger charge is 2.54. The number of fused-ring (bicyclic) bond motifs is 3. The van der Waals surface area contributed by atoms with Gasteiger partial charge in [-0.15, -0.1) is 0 Å². The van der Waals surface area contributed by atoms with Gasteiger partial charge in [0.1, 0.15) is 29.6 Å². The van der Waals surface area contributed by atoms with Crippen molar-refractivity contribution in [2.24, 2.45) is 0 Å². The number of rotatable bonds is 3. The fraction of sp³-hybridized carbons (Fsp3) is 0.500. The molecule has 0 amide bonds. The van der Waals surface area contributed by atoms with Gasteiger partial charge in [0.2, 0.25) is 11.8 Å². The first-order valence-electron chi connectivity index (χ1n) is 14.3. The van der Waals surface area contributed by atoms with Crippen molar-refractivity contribution < 1.29 is 42.8 Å². The summed E-state index contributed by atoms with van der Waals surface area (Å²) < 4.78 is 44.2. The highest BCUT2D eigenvalue weighted by molar-refractivity contribution is 7.52. The molecule has 6 atom stereocenters. The second-order valence-corrected chi connectivity index (χ2v) is 12.3. The van der Waals surface area contributed by atoms with Crippen molar-refractivity contribution in [2.45, 2.75) is 63.2 Å². The van der Waals surface area contributed by atoms with Crippen LogP contribution in [0.25, 0.3) is 11.2 Å². The van der Waals surface area contributed by atoms with E-state index in [-0.39, 0.29) is 24.2 Å². The van der Waals surface area contributed by atoms with Crippen LogP contribution in [0, 0.1) is 0 Å². The van der Waals surface area contributed by atoms with E-state index in [9.17, 15) is 19.6 Å². The van der Waals surface area contributed by atoms with Gasteiger partial charge in [-0.2, -0.15) is 15.1 Å². The zero-order valence-electron chi connectivity index (χ0n) is 24.7. The van der Waals surface area contributed by atoms with Crippen molar-refractivity contribution in [3.8, 4) is 11.6 Å². The van der Waals surface area contributed by atoms with Gasteiger partial charge in [-0.25, -0.2) is 9.55 Å². The molecule has 44 heavy (non-hydrogen) atoms. The Kier molecular flexibility index (Phi) is 9.83. The number of cyclic esters (lactones) is 1. The molecule has 0 spiro atoms. The van der Waals surface area contributed by atoms with Crippen LogP contribution >= 0.6 is 7.75 Å². The first-order valence-corrected chi connectivity index (χ1v) is 15.9. The van der Waals surface area contributed by atoms with Crippen molar-refractivity contribution in [2.75, 3.05) is 32.2 Å². The van der Waals surface area contributed by atoms with Gasteiger partial charge in [-0.3, -0.25) is 13.9 Å². The lowest BCUT2D eigenvalue weighted by Crippen LogP contribution is -2.44. The molecule has 3 unspecified atom stereocenters. The molecule has 2 aliphatic heterocycles. The van der Waals surface area contributed by atoms with Crippen LogP contribution in [-0.4, -0.2) is 86.4 Å². The number of aliphatic hydroxyl groups is 2. The van der Waals surface area contributed by atoms with Crippen molar-refractivity contribution in [1.82, 2.24) is 24.6 Å². The van der Waals surface area contributed by atoms with E-state index in [0.717, 1.165) is 0 Å². The number of para-hydroxylation sites is 1. The van der Waals surface area contributed by atoms with E-state index < -0.39 is 50.4 Å². The van der Waals surface area contributed by atoms with Gasteiger partial charge >= 0.3 is 13.7 Å². The Hall–Kier alpha value is -3.59. The number of carbonyl (C=O) groups excluding carboxylic acids is 1. The Bertz CT molecular complexity index is 1520. The lowest BCUT2D eigenvalue weighted by molar-refractivity contribution is -0.145. The van der Waals surface area contributed by atoms with E-state index in [4.69, 9.17) is 23.3 Å². The van der Waals surface area contributed by atoms with Crippen LogP contribution in [0.5, 0.6) is 11.6 Å². The molecule has 4 N–H and O–H groups in total. The standard InChI is InChI=1S/C28H37N6O9P/c1-18-25(36)40-15-11-6-4-5-10-14-39-24-21-23(31-27(29-3)32-24)34(17-30-21)26-28(2,37)22(35)20(42-26)16-41-44(38,33-18)43-19-12-8-7-9-13-19/h4-5,7-9,12-13,17-18,20,22,26,35,37H,6,10-11,14-16H2,1-3H3,(H,33,38)(H,29,31,32)/t18-,20?,22+,26?,28+,44?/m0/s1. The fourth-order valence-corrected chi connectivity index (χ4v) is 6.28. The normalized spacial score (nSPS) is 30.6. The Balaban J connectivity index is 1.47. The molecular formula is C28H37N6O9P. The molecule has 1 saturated heterocycles. The van der Waals surface area contributed by atoms with E-state index >= 15 is 0 Å². The number of aliphatic hydroxyl groups excluding tert-OH is 1. The van der Waals surface area contributed by atoms with Crippen molar-refractivity contribution >= 4 is 30.8 Å². The number of benzene rings is 1. The van der Waals surface area contributed by atoms with E-state index in [2.05, 4.69) is 25.4 Å². The summed E-state index contributed by atoms with van der Waals surface area (Å²) in [6.07, 6.45) is 3.33. The monoisotopic (exact) mass is 632 g/mol. The number of aromatic nitrogens is 4. The Morgan fingerprint density at radius 3 is 2.70 bits per heavy atom. The SMILES string of the molecule is CNc1nc2c3ncn(c3n1)C1OC(COP(=O)(Oc3ccccc3)N[C@@H](C)C(=O)OCCCC=CCCO2)[C@@H](O)[C@@]1(C)O. The van der Waals surface area contributed by atoms with Gasteiger partial charge in [-0.05, 0) is 45.2 Å². The van der Waals surface area contributed by atoms with Crippen LogP contribution in [0.2, 0.25) is 0 Å². The smallest absolute Gasteiger partial charge is 0.459 e. The summed E-state index contributed by atoms with van der Waals surface area (Å²) in [5.41, 5.74) is -1.23. The van der Waals surface area contributed by atoms with Crippen LogP contribution in [0.4, 0.5) is 5.95 Å². The van der Waals surface area contributed by atoms with Crippen LogP contribution in [-0.2, 0) is 23.4 Å². The molecule has 2 aromatic heterocycles. The van der Waals surface area contributed by atoms with E-state index in [1.54, 1.807) is 37.4 Å². The summed E-state index contributed by atoms with van der Waals surface area (Å²) in [5, 5.41) is 28.1. The molecule has 4 heterocycles. The quantitative estimate of drug-likeness (QED) is 0.187. The summed E-state index contributed by atoms with van der Waals surface area (Å²) in [4.78, 5) is 26.0. The molecule has 16 heteroatoms. The zero-order chi connectivity index (χ0) is 31.3. The number of allylic oxidation sites excluding steroid dienone is 1. The molecule has 2 aliphatic rings. The van der Waals surface area contributed by atoms with Gasteiger partial charge in [0.15, 0.2) is 17.4 Å². The topological polar surface area (TPSA) is 188 Å². The predicted octanol–water partition coefficient (Wildman–Crippen LogP) is 2.72. The number of hydrogen-bond donors (Lipinski definition) is 4. The highest BCUT2D eigenvalue weighted by Crippen LogP contribution is 2.47. The Morgan fingerprint density at radius 2 is 1.93 bits per heavy atom. The first kappa shape index (κ1) is 31.8. The van der Waals surface area contributed by atoms with Gasteiger partial charge in [0.25, 0.3) is 0 Å². The van der Waals surface area contributed by atoms with Crippen molar-refractivity contribution in [1.29, 1.82) is 0 Å². The maximum atomic E-state index is 13.9. The number of imidazole rings is 1. The summed E-state index contributed by atoms with van der Waals surface area (Å²) in [6.45, 7) is 2.88. The van der Waals surface area contributed by atoms with Gasteiger partial charge < -0.3 is 34.3 Å². The van der Waals surface area contributed by atoms with Crippen LogP contribution < -0.4 is 19.7 Å².